The molecule has 1 aliphatic carbocycles. The SMILES string of the molecule is CCOC(=O)CC(OC)c1ccc(O)cc1.COC(CC(=O)O)c1ccc(OCC2(COc3ccc(F)cc3)CC2)cc1. The number of phenolic OH excluding ortho intramolecular Hbond substituents is 1. The Hall–Kier alpha value is -4.15. The Bertz CT molecular complexity index is 1270. The van der Waals surface area contributed by atoms with Gasteiger partial charge in [0.2, 0.25) is 0 Å². The average Bonchev–Trinajstić information content (AvgIpc) is 3.78. The molecule has 1 aliphatic rings. The summed E-state index contributed by atoms with van der Waals surface area (Å²) >= 11 is 0. The van der Waals surface area contributed by atoms with Gasteiger partial charge in [-0.3, -0.25) is 9.59 Å². The van der Waals surface area contributed by atoms with Crippen LogP contribution in [0.25, 0.3) is 0 Å². The summed E-state index contributed by atoms with van der Waals surface area (Å²) in [6.45, 7) is 3.20. The molecule has 0 spiro atoms. The maximum atomic E-state index is 12.9. The molecule has 3 aromatic rings. The van der Waals surface area contributed by atoms with Gasteiger partial charge in [-0.05, 0) is 79.4 Å². The normalized spacial score (nSPS) is 14.4. The number of hydrogen-bond donors (Lipinski definition) is 2. The highest BCUT2D eigenvalue weighted by Crippen LogP contribution is 2.46. The quantitative estimate of drug-likeness (QED) is 0.195. The molecule has 0 amide bonds. The lowest BCUT2D eigenvalue weighted by molar-refractivity contribution is -0.146. The largest absolute Gasteiger partial charge is 0.508 e. The molecule has 3 aromatic carbocycles. The third-order valence-electron chi connectivity index (χ3n) is 6.96. The van der Waals surface area contributed by atoms with E-state index in [0.29, 0.717) is 25.6 Å². The maximum Gasteiger partial charge on any atom is 0.308 e. The molecular weight excluding hydrogens is 559 g/mol. The highest BCUT2D eigenvalue weighted by Gasteiger charge is 2.44. The summed E-state index contributed by atoms with van der Waals surface area (Å²) in [5, 5.41) is 18.1. The summed E-state index contributed by atoms with van der Waals surface area (Å²) in [7, 11) is 3.03. The van der Waals surface area contributed by atoms with Crippen molar-refractivity contribution in [1.29, 1.82) is 0 Å². The van der Waals surface area contributed by atoms with E-state index in [2.05, 4.69) is 0 Å². The molecule has 0 bridgehead atoms. The highest BCUT2D eigenvalue weighted by atomic mass is 19.1. The topological polar surface area (TPSA) is 121 Å². The number of esters is 1. The van der Waals surface area contributed by atoms with Gasteiger partial charge in [0.15, 0.2) is 0 Å². The fourth-order valence-electron chi connectivity index (χ4n) is 4.18. The number of carboxylic acid groups (broad SMARTS) is 1. The Morgan fingerprint density at radius 2 is 1.26 bits per heavy atom. The summed E-state index contributed by atoms with van der Waals surface area (Å²) in [6, 6.07) is 19.9. The van der Waals surface area contributed by atoms with Gasteiger partial charge in [0, 0.05) is 19.6 Å². The zero-order chi connectivity index (χ0) is 31.2. The van der Waals surface area contributed by atoms with Gasteiger partial charge in [-0.2, -0.15) is 0 Å². The molecule has 0 aromatic heterocycles. The van der Waals surface area contributed by atoms with Crippen LogP contribution in [0.15, 0.2) is 72.8 Å². The molecule has 2 atom stereocenters. The lowest BCUT2D eigenvalue weighted by Crippen LogP contribution is -2.21. The molecule has 232 valence electrons. The first kappa shape index (κ1) is 33.4. The number of ether oxygens (including phenoxy) is 5. The first-order chi connectivity index (χ1) is 20.7. The number of benzene rings is 3. The Morgan fingerprint density at radius 1 is 0.791 bits per heavy atom. The number of methoxy groups -OCH3 is 2. The van der Waals surface area contributed by atoms with E-state index in [1.807, 2.05) is 24.3 Å². The summed E-state index contributed by atoms with van der Waals surface area (Å²) in [5.74, 6) is 0.0820. The number of halogens is 1. The molecule has 10 heteroatoms. The van der Waals surface area contributed by atoms with Gasteiger partial charge in [0.25, 0.3) is 0 Å². The number of hydrogen-bond acceptors (Lipinski definition) is 8. The standard InChI is InChI=1S/C21H23FO5.C12H16O4/c1-25-19(12-20(23)24)15-2-6-17(7-3-15)26-13-21(10-11-21)14-27-18-8-4-16(22)5-9-18;1-3-16-12(14)8-11(15-2)9-4-6-10(13)7-5-9/h2-9,19H,10-14H2,1H3,(H,23,24);4-7,11,13H,3,8H2,1-2H3. The predicted molar refractivity (Wildman–Crippen MR) is 157 cm³/mol. The lowest BCUT2D eigenvalue weighted by Gasteiger charge is -2.18. The smallest absolute Gasteiger partial charge is 0.308 e. The number of aromatic hydroxyl groups is 1. The van der Waals surface area contributed by atoms with Crippen molar-refractivity contribution in [2.45, 2.75) is 44.8 Å². The molecule has 0 aliphatic heterocycles. The van der Waals surface area contributed by atoms with E-state index >= 15 is 0 Å². The first-order valence-electron chi connectivity index (χ1n) is 14.0. The van der Waals surface area contributed by atoms with Crippen molar-refractivity contribution in [3.8, 4) is 17.2 Å². The van der Waals surface area contributed by atoms with Gasteiger partial charge in [-0.25, -0.2) is 4.39 Å². The van der Waals surface area contributed by atoms with Crippen LogP contribution in [0.3, 0.4) is 0 Å². The van der Waals surface area contributed by atoms with Crippen LogP contribution in [0.4, 0.5) is 4.39 Å². The Balaban J connectivity index is 0.000000271. The number of aliphatic carboxylic acids is 1. The van der Waals surface area contributed by atoms with Crippen molar-refractivity contribution in [2.75, 3.05) is 34.0 Å². The van der Waals surface area contributed by atoms with Crippen LogP contribution in [-0.4, -0.2) is 56.2 Å². The predicted octanol–water partition coefficient (Wildman–Crippen LogP) is 6.26. The van der Waals surface area contributed by atoms with Crippen LogP contribution in [0.1, 0.15) is 55.9 Å². The molecule has 9 nitrogen and oxygen atoms in total. The summed E-state index contributed by atoms with van der Waals surface area (Å²) in [5.41, 5.74) is 1.63. The second-order valence-electron chi connectivity index (χ2n) is 10.2. The van der Waals surface area contributed by atoms with Gasteiger partial charge >= 0.3 is 11.9 Å². The minimum absolute atomic E-state index is 0.00850. The van der Waals surface area contributed by atoms with Crippen LogP contribution in [0.5, 0.6) is 17.2 Å². The summed E-state index contributed by atoms with van der Waals surface area (Å²) in [4.78, 5) is 22.2. The average molecular weight is 599 g/mol. The van der Waals surface area contributed by atoms with Gasteiger partial charge in [-0.1, -0.05) is 24.3 Å². The van der Waals surface area contributed by atoms with Crippen molar-refractivity contribution in [1.82, 2.24) is 0 Å². The zero-order valence-corrected chi connectivity index (χ0v) is 24.7. The third kappa shape index (κ3) is 11.2. The monoisotopic (exact) mass is 598 g/mol. The van der Waals surface area contributed by atoms with Gasteiger partial charge in [-0.15, -0.1) is 0 Å². The number of carboxylic acids is 1. The number of carbonyl (C=O) groups excluding carboxylic acids is 1. The van der Waals surface area contributed by atoms with E-state index in [1.165, 1.54) is 26.4 Å². The minimum atomic E-state index is -0.904. The van der Waals surface area contributed by atoms with Crippen LogP contribution >= 0.6 is 0 Å². The molecule has 1 fully saturated rings. The van der Waals surface area contributed by atoms with Crippen molar-refractivity contribution in [2.24, 2.45) is 5.41 Å². The second kappa shape index (κ2) is 16.5. The Morgan fingerprint density at radius 3 is 1.70 bits per heavy atom. The molecule has 0 heterocycles. The second-order valence-corrected chi connectivity index (χ2v) is 10.2. The van der Waals surface area contributed by atoms with E-state index in [-0.39, 0.29) is 41.9 Å². The molecule has 0 saturated heterocycles. The third-order valence-corrected chi connectivity index (χ3v) is 6.96. The van der Waals surface area contributed by atoms with Gasteiger partial charge in [0.05, 0.1) is 44.9 Å². The molecule has 43 heavy (non-hydrogen) atoms. The van der Waals surface area contributed by atoms with Crippen LogP contribution in [0, 0.1) is 11.2 Å². The Kier molecular flexibility index (Phi) is 12.8. The fraction of sp³-hybridized carbons (Fsp3) is 0.394. The van der Waals surface area contributed by atoms with E-state index < -0.39 is 12.1 Å². The summed E-state index contributed by atoms with van der Waals surface area (Å²) in [6.07, 6.45) is 1.33. The fourth-order valence-corrected chi connectivity index (χ4v) is 4.18. The van der Waals surface area contributed by atoms with Crippen LogP contribution in [-0.2, 0) is 23.8 Å². The highest BCUT2D eigenvalue weighted by molar-refractivity contribution is 5.70. The van der Waals surface area contributed by atoms with E-state index in [0.717, 1.165) is 29.7 Å². The number of rotatable bonds is 15. The van der Waals surface area contributed by atoms with Gasteiger partial charge in [0.1, 0.15) is 23.1 Å². The zero-order valence-electron chi connectivity index (χ0n) is 24.7. The van der Waals surface area contributed by atoms with E-state index in [4.69, 9.17) is 33.9 Å². The van der Waals surface area contributed by atoms with Crippen LogP contribution < -0.4 is 9.47 Å². The number of phenols is 1. The van der Waals surface area contributed by atoms with Crippen molar-refractivity contribution in [3.05, 3.63) is 89.7 Å². The van der Waals surface area contributed by atoms with Crippen molar-refractivity contribution in [3.63, 3.8) is 0 Å². The molecule has 1 saturated carbocycles. The van der Waals surface area contributed by atoms with E-state index in [9.17, 15) is 14.0 Å². The maximum absolute atomic E-state index is 12.9. The molecule has 0 radical (unpaired) electrons. The molecule has 2 unspecified atom stereocenters. The lowest BCUT2D eigenvalue weighted by atomic mass is 10.1. The molecule has 4 rings (SSSR count). The molecule has 2 N–H and O–H groups in total. The summed E-state index contributed by atoms with van der Waals surface area (Å²) < 4.78 is 39.9. The first-order valence-corrected chi connectivity index (χ1v) is 14.0. The molecular formula is C33H39FO9. The van der Waals surface area contributed by atoms with Crippen LogP contribution in [0.2, 0.25) is 0 Å². The van der Waals surface area contributed by atoms with Crippen molar-refractivity contribution < 1.29 is 47.9 Å². The van der Waals surface area contributed by atoms with Crippen molar-refractivity contribution >= 4 is 11.9 Å². The van der Waals surface area contributed by atoms with E-state index in [1.54, 1.807) is 43.3 Å². The van der Waals surface area contributed by atoms with Gasteiger partial charge < -0.3 is 33.9 Å². The number of carbonyl (C=O) groups is 2. The minimum Gasteiger partial charge on any atom is -0.508 e. The Labute approximate surface area is 251 Å².